The van der Waals surface area contributed by atoms with Gasteiger partial charge in [0.1, 0.15) is 5.78 Å². The summed E-state index contributed by atoms with van der Waals surface area (Å²) in [5.74, 6) is -0.0568. The number of aryl methyl sites for hydroxylation is 1. The monoisotopic (exact) mass is 365 g/mol. The van der Waals surface area contributed by atoms with Crippen molar-refractivity contribution < 1.29 is 13.2 Å². The first-order valence-corrected chi connectivity index (χ1v) is 9.99. The van der Waals surface area contributed by atoms with Crippen LogP contribution < -0.4 is 0 Å². The van der Waals surface area contributed by atoms with Gasteiger partial charge in [-0.1, -0.05) is 60.2 Å². The van der Waals surface area contributed by atoms with Crippen LogP contribution in [0.15, 0.2) is 71.6 Å². The smallest absolute Gasteiger partial charge is 0.244 e. The zero-order valence-corrected chi connectivity index (χ0v) is 15.2. The molecule has 0 spiro atoms. The fraction of sp³-hybridized carbons (Fsp3) is 0.190. The van der Waals surface area contributed by atoms with E-state index in [1.165, 1.54) is 4.31 Å². The van der Waals surface area contributed by atoms with Crippen LogP contribution in [0.1, 0.15) is 23.6 Å². The van der Waals surface area contributed by atoms with Crippen LogP contribution in [0, 0.1) is 6.92 Å². The fourth-order valence-corrected chi connectivity index (χ4v) is 5.16. The van der Waals surface area contributed by atoms with E-state index >= 15 is 0 Å². The van der Waals surface area contributed by atoms with Gasteiger partial charge < -0.3 is 0 Å². The normalized spacial score (nSPS) is 18.5. The molecule has 1 aliphatic heterocycles. The van der Waals surface area contributed by atoms with E-state index < -0.39 is 16.1 Å². The molecule has 0 aromatic heterocycles. The molecular formula is C21H19NO3S. The van der Waals surface area contributed by atoms with Gasteiger partial charge >= 0.3 is 0 Å². The van der Waals surface area contributed by atoms with E-state index in [0.717, 1.165) is 21.9 Å². The lowest BCUT2D eigenvalue weighted by Crippen LogP contribution is -2.31. The van der Waals surface area contributed by atoms with E-state index in [4.69, 9.17) is 0 Å². The van der Waals surface area contributed by atoms with E-state index in [9.17, 15) is 13.2 Å². The minimum atomic E-state index is -3.74. The molecule has 0 saturated carbocycles. The number of carbonyl (C=O) groups excluding carboxylic acids is 1. The SMILES string of the molecule is Cc1ccc(S(=O)(=O)N2CC(=O)CC2c2cccc3ccccc23)cc1. The molecule has 1 saturated heterocycles. The Kier molecular flexibility index (Phi) is 4.13. The zero-order valence-electron chi connectivity index (χ0n) is 14.4. The number of carbonyl (C=O) groups is 1. The van der Waals surface area contributed by atoms with E-state index in [2.05, 4.69) is 0 Å². The summed E-state index contributed by atoms with van der Waals surface area (Å²) in [4.78, 5) is 12.4. The molecule has 0 radical (unpaired) electrons. The second-order valence-electron chi connectivity index (χ2n) is 6.69. The third-order valence-electron chi connectivity index (χ3n) is 4.91. The molecule has 26 heavy (non-hydrogen) atoms. The molecule has 3 aromatic carbocycles. The van der Waals surface area contributed by atoms with Crippen LogP contribution in [-0.4, -0.2) is 25.1 Å². The summed E-state index contributed by atoms with van der Waals surface area (Å²) in [7, 11) is -3.74. The largest absolute Gasteiger partial charge is 0.298 e. The highest BCUT2D eigenvalue weighted by molar-refractivity contribution is 7.89. The number of benzene rings is 3. The first-order valence-electron chi connectivity index (χ1n) is 8.55. The second kappa shape index (κ2) is 6.34. The minimum absolute atomic E-state index is 0.0568. The molecule has 3 aromatic rings. The lowest BCUT2D eigenvalue weighted by atomic mass is 9.98. The molecule has 1 aliphatic rings. The Labute approximate surface area is 153 Å². The van der Waals surface area contributed by atoms with Crippen molar-refractivity contribution in [2.24, 2.45) is 0 Å². The summed E-state index contributed by atoms with van der Waals surface area (Å²) in [6.45, 7) is 1.83. The molecule has 0 amide bonds. The van der Waals surface area contributed by atoms with Gasteiger partial charge in [-0.05, 0) is 35.4 Å². The number of rotatable bonds is 3. The number of nitrogens with zero attached hydrogens (tertiary/aromatic N) is 1. The standard InChI is InChI=1S/C21H19NO3S/c1-15-9-11-18(12-10-15)26(24,25)22-14-17(23)13-21(22)20-8-4-6-16-5-2-3-7-19(16)20/h2-12,21H,13-14H2,1H3. The van der Waals surface area contributed by atoms with Gasteiger partial charge in [-0.25, -0.2) is 8.42 Å². The molecule has 5 heteroatoms. The van der Waals surface area contributed by atoms with Gasteiger partial charge in [0.25, 0.3) is 0 Å². The van der Waals surface area contributed by atoms with E-state index in [1.54, 1.807) is 24.3 Å². The molecular weight excluding hydrogens is 346 g/mol. The first kappa shape index (κ1) is 16.9. The lowest BCUT2D eigenvalue weighted by molar-refractivity contribution is -0.116. The molecule has 1 fully saturated rings. The van der Waals surface area contributed by atoms with Crippen LogP contribution in [0.3, 0.4) is 0 Å². The Bertz CT molecular complexity index is 1080. The van der Waals surface area contributed by atoms with E-state index in [1.807, 2.05) is 49.4 Å². The highest BCUT2D eigenvalue weighted by Gasteiger charge is 2.40. The Morgan fingerprint density at radius 2 is 1.62 bits per heavy atom. The quantitative estimate of drug-likeness (QED) is 0.708. The average Bonchev–Trinajstić information content (AvgIpc) is 3.04. The van der Waals surface area contributed by atoms with Crippen molar-refractivity contribution in [2.75, 3.05) is 6.54 Å². The molecule has 0 bridgehead atoms. The van der Waals surface area contributed by atoms with Crippen LogP contribution in [0.25, 0.3) is 10.8 Å². The number of ketones is 1. The maximum absolute atomic E-state index is 13.2. The number of sulfonamides is 1. The van der Waals surface area contributed by atoms with Gasteiger partial charge in [0.2, 0.25) is 10.0 Å². The van der Waals surface area contributed by atoms with Crippen molar-refractivity contribution in [1.29, 1.82) is 0 Å². The summed E-state index contributed by atoms with van der Waals surface area (Å²) in [5.41, 5.74) is 1.87. The van der Waals surface area contributed by atoms with Crippen molar-refractivity contribution in [2.45, 2.75) is 24.3 Å². The summed E-state index contributed by atoms with van der Waals surface area (Å²) in [5, 5.41) is 2.02. The number of hydrogen-bond donors (Lipinski definition) is 0. The molecule has 4 nitrogen and oxygen atoms in total. The van der Waals surface area contributed by atoms with Crippen LogP contribution >= 0.6 is 0 Å². The highest BCUT2D eigenvalue weighted by atomic mass is 32.2. The predicted molar refractivity (Wildman–Crippen MR) is 101 cm³/mol. The van der Waals surface area contributed by atoms with Crippen LogP contribution in [0.4, 0.5) is 0 Å². The zero-order chi connectivity index (χ0) is 18.3. The van der Waals surface area contributed by atoms with E-state index in [0.29, 0.717) is 0 Å². The second-order valence-corrected chi connectivity index (χ2v) is 8.58. The van der Waals surface area contributed by atoms with Gasteiger partial charge in [0.15, 0.2) is 0 Å². The lowest BCUT2D eigenvalue weighted by Gasteiger charge is -2.24. The molecule has 1 heterocycles. The Balaban J connectivity index is 1.83. The maximum Gasteiger partial charge on any atom is 0.244 e. The number of Topliss-reactive ketones (excluding diaryl/α,β-unsaturated/α-hetero) is 1. The highest BCUT2D eigenvalue weighted by Crippen LogP contribution is 2.38. The van der Waals surface area contributed by atoms with Crippen LogP contribution in [0.5, 0.6) is 0 Å². The molecule has 0 aliphatic carbocycles. The Morgan fingerprint density at radius 1 is 0.923 bits per heavy atom. The molecule has 0 N–H and O–H groups in total. The first-order chi connectivity index (χ1) is 12.5. The van der Waals surface area contributed by atoms with E-state index in [-0.39, 0.29) is 23.6 Å². The summed E-state index contributed by atoms with van der Waals surface area (Å²) in [6, 6.07) is 20.0. The van der Waals surface area contributed by atoms with Gasteiger partial charge in [-0.3, -0.25) is 4.79 Å². The van der Waals surface area contributed by atoms with Crippen LogP contribution in [0.2, 0.25) is 0 Å². The summed E-state index contributed by atoms with van der Waals surface area (Å²) in [6.07, 6.45) is 0.207. The third-order valence-corrected chi connectivity index (χ3v) is 6.78. The van der Waals surface area contributed by atoms with Crippen molar-refractivity contribution in [3.63, 3.8) is 0 Å². The summed E-state index contributed by atoms with van der Waals surface area (Å²) >= 11 is 0. The molecule has 132 valence electrons. The topological polar surface area (TPSA) is 54.5 Å². The molecule has 1 unspecified atom stereocenters. The van der Waals surface area contributed by atoms with Gasteiger partial charge in [-0.15, -0.1) is 0 Å². The fourth-order valence-electron chi connectivity index (χ4n) is 3.57. The van der Waals surface area contributed by atoms with Crippen molar-refractivity contribution in [3.8, 4) is 0 Å². The molecule has 4 rings (SSSR count). The maximum atomic E-state index is 13.2. The average molecular weight is 365 g/mol. The minimum Gasteiger partial charge on any atom is -0.298 e. The third kappa shape index (κ3) is 2.83. The predicted octanol–water partition coefficient (Wildman–Crippen LogP) is 3.85. The van der Waals surface area contributed by atoms with Gasteiger partial charge in [0.05, 0.1) is 17.5 Å². The van der Waals surface area contributed by atoms with Crippen molar-refractivity contribution >= 4 is 26.6 Å². The van der Waals surface area contributed by atoms with Gasteiger partial charge in [-0.2, -0.15) is 4.31 Å². The number of fused-ring (bicyclic) bond motifs is 1. The van der Waals surface area contributed by atoms with Crippen molar-refractivity contribution in [1.82, 2.24) is 4.31 Å². The molecule has 1 atom stereocenters. The van der Waals surface area contributed by atoms with Crippen LogP contribution in [-0.2, 0) is 14.8 Å². The van der Waals surface area contributed by atoms with Gasteiger partial charge in [0, 0.05) is 6.42 Å². The Morgan fingerprint density at radius 3 is 2.38 bits per heavy atom. The Hall–Kier alpha value is -2.50. The summed E-state index contributed by atoms with van der Waals surface area (Å²) < 4.78 is 27.7. The number of hydrogen-bond acceptors (Lipinski definition) is 3. The van der Waals surface area contributed by atoms with Crippen molar-refractivity contribution in [3.05, 3.63) is 77.9 Å².